The number of hydrogen-bond acceptors (Lipinski definition) is 1. The van der Waals surface area contributed by atoms with Gasteiger partial charge < -0.3 is 9.88 Å². The van der Waals surface area contributed by atoms with Crippen molar-refractivity contribution < 1.29 is 9.18 Å². The Balaban J connectivity index is 1.53. The third-order valence-electron chi connectivity index (χ3n) is 4.88. The van der Waals surface area contributed by atoms with Crippen LogP contribution >= 0.6 is 0 Å². The van der Waals surface area contributed by atoms with Gasteiger partial charge >= 0.3 is 0 Å². The molecule has 0 radical (unpaired) electrons. The molecule has 3 nitrogen and oxygen atoms in total. The van der Waals surface area contributed by atoms with E-state index in [1.165, 1.54) is 6.07 Å². The Morgan fingerprint density at radius 1 is 1.25 bits per heavy atom. The lowest BCUT2D eigenvalue weighted by atomic mass is 10.1. The first kappa shape index (κ1) is 14.9. The van der Waals surface area contributed by atoms with Crippen molar-refractivity contribution in [1.82, 2.24) is 9.88 Å². The number of halogens is 1. The minimum absolute atomic E-state index is 0.0199. The van der Waals surface area contributed by atoms with Crippen molar-refractivity contribution in [1.29, 1.82) is 0 Å². The molecule has 1 aliphatic carbocycles. The second-order valence-corrected chi connectivity index (χ2v) is 6.43. The van der Waals surface area contributed by atoms with Crippen LogP contribution in [0.3, 0.4) is 0 Å². The summed E-state index contributed by atoms with van der Waals surface area (Å²) in [6, 6.07) is 13.1. The summed E-state index contributed by atoms with van der Waals surface area (Å²) < 4.78 is 15.9. The molecule has 1 heterocycles. The van der Waals surface area contributed by atoms with Crippen molar-refractivity contribution in [3.63, 3.8) is 0 Å². The molecular weight excluding hydrogens is 303 g/mol. The van der Waals surface area contributed by atoms with Crippen LogP contribution in [0.15, 0.2) is 48.7 Å². The van der Waals surface area contributed by atoms with Crippen LogP contribution in [0.5, 0.6) is 0 Å². The van der Waals surface area contributed by atoms with Crippen LogP contribution in [0, 0.1) is 5.82 Å². The summed E-state index contributed by atoms with van der Waals surface area (Å²) >= 11 is 0. The van der Waals surface area contributed by atoms with Gasteiger partial charge in [0.1, 0.15) is 5.82 Å². The summed E-state index contributed by atoms with van der Waals surface area (Å²) in [5.74, 6) is -0.188. The number of hydrogen-bond donors (Lipinski definition) is 1. The van der Waals surface area contributed by atoms with Crippen LogP contribution in [0.1, 0.15) is 29.2 Å². The van der Waals surface area contributed by atoms with Gasteiger partial charge in [0, 0.05) is 24.1 Å². The van der Waals surface area contributed by atoms with E-state index < -0.39 is 0 Å². The number of benzene rings is 2. The molecule has 0 spiro atoms. The molecule has 0 saturated carbocycles. The number of carbonyl (C=O) groups is 1. The number of nitrogens with one attached hydrogen (secondary N) is 1. The van der Waals surface area contributed by atoms with Crippen LogP contribution in [-0.4, -0.2) is 10.5 Å². The van der Waals surface area contributed by atoms with Crippen molar-refractivity contribution in [3.8, 4) is 0 Å². The molecular formula is C20H19FN2O. The van der Waals surface area contributed by atoms with Crippen LogP contribution in [0.25, 0.3) is 10.9 Å². The summed E-state index contributed by atoms with van der Waals surface area (Å²) in [6.07, 6.45) is 3.79. The fourth-order valence-electron chi connectivity index (χ4n) is 3.74. The summed E-state index contributed by atoms with van der Waals surface area (Å²) in [5.41, 5.74) is 3.80. The van der Waals surface area contributed by atoms with Crippen molar-refractivity contribution in [2.45, 2.75) is 25.3 Å². The molecule has 2 aromatic carbocycles. The lowest BCUT2D eigenvalue weighted by Gasteiger charge is -2.14. The maximum Gasteiger partial charge on any atom is 0.224 e. The number of nitrogens with zero attached hydrogens (tertiary/aromatic N) is 1. The van der Waals surface area contributed by atoms with Gasteiger partial charge in [-0.3, -0.25) is 4.79 Å². The molecule has 1 atom stereocenters. The Hall–Kier alpha value is -2.62. The Bertz CT molecular complexity index is 929. The van der Waals surface area contributed by atoms with Gasteiger partial charge in [0.25, 0.3) is 0 Å². The topological polar surface area (TPSA) is 34.0 Å². The molecule has 1 amide bonds. The van der Waals surface area contributed by atoms with E-state index in [0.29, 0.717) is 12.8 Å². The van der Waals surface area contributed by atoms with Gasteiger partial charge in [-0.15, -0.1) is 0 Å². The van der Waals surface area contributed by atoms with Gasteiger partial charge in [-0.05, 0) is 41.7 Å². The summed E-state index contributed by atoms with van der Waals surface area (Å²) in [5, 5.41) is 4.17. The van der Waals surface area contributed by atoms with Gasteiger partial charge in [-0.1, -0.05) is 30.3 Å². The number of aryl methyl sites for hydroxylation is 1. The van der Waals surface area contributed by atoms with Gasteiger partial charge in [-0.25, -0.2) is 4.39 Å². The first-order valence-corrected chi connectivity index (χ1v) is 8.23. The maximum absolute atomic E-state index is 13.8. The normalized spacial score (nSPS) is 16.3. The molecule has 24 heavy (non-hydrogen) atoms. The molecule has 0 fully saturated rings. The second-order valence-electron chi connectivity index (χ2n) is 6.43. The molecule has 3 aromatic rings. The summed E-state index contributed by atoms with van der Waals surface area (Å²) in [4.78, 5) is 12.5. The molecule has 4 rings (SSSR count). The average molecular weight is 322 g/mol. The Labute approximate surface area is 140 Å². The van der Waals surface area contributed by atoms with E-state index in [4.69, 9.17) is 0 Å². The van der Waals surface area contributed by atoms with E-state index in [0.717, 1.165) is 34.0 Å². The highest BCUT2D eigenvalue weighted by Gasteiger charge is 2.26. The maximum atomic E-state index is 13.8. The molecule has 0 aliphatic heterocycles. The van der Waals surface area contributed by atoms with Gasteiger partial charge in [-0.2, -0.15) is 0 Å². The number of para-hydroxylation sites is 1. The van der Waals surface area contributed by atoms with Gasteiger partial charge in [0.05, 0.1) is 12.5 Å². The molecule has 1 unspecified atom stereocenters. The van der Waals surface area contributed by atoms with Crippen LogP contribution in [-0.2, 0) is 24.7 Å². The van der Waals surface area contributed by atoms with E-state index in [1.807, 2.05) is 48.1 Å². The van der Waals surface area contributed by atoms with Crippen molar-refractivity contribution in [2.75, 3.05) is 0 Å². The number of rotatable bonds is 3. The summed E-state index contributed by atoms with van der Waals surface area (Å²) in [6.45, 7) is 0. The Morgan fingerprint density at radius 2 is 2.08 bits per heavy atom. The monoisotopic (exact) mass is 322 g/mol. The molecule has 122 valence electrons. The third-order valence-corrected chi connectivity index (χ3v) is 4.88. The predicted molar refractivity (Wildman–Crippen MR) is 92.2 cm³/mol. The fraction of sp³-hybridized carbons (Fsp3) is 0.250. The highest BCUT2D eigenvalue weighted by atomic mass is 19.1. The van der Waals surface area contributed by atoms with E-state index in [9.17, 15) is 9.18 Å². The van der Waals surface area contributed by atoms with E-state index in [-0.39, 0.29) is 17.8 Å². The molecule has 4 heteroatoms. The lowest BCUT2D eigenvalue weighted by Crippen LogP contribution is -2.28. The van der Waals surface area contributed by atoms with Crippen molar-refractivity contribution >= 4 is 16.8 Å². The number of aromatic nitrogens is 1. The fourth-order valence-corrected chi connectivity index (χ4v) is 3.74. The minimum atomic E-state index is -0.168. The summed E-state index contributed by atoms with van der Waals surface area (Å²) in [7, 11) is 1.99. The molecule has 1 N–H and O–H groups in total. The Kier molecular flexibility index (Phi) is 3.60. The van der Waals surface area contributed by atoms with Gasteiger partial charge in [0.15, 0.2) is 0 Å². The standard InChI is InChI=1S/C20H19FN2O/c1-23-12-13(14-5-2-3-8-19(14)23)11-20(24)22-18-10-9-15-16(18)6-4-7-17(15)21/h2-8,12,18H,9-11H2,1H3,(H,22,24). The molecule has 0 bridgehead atoms. The van der Waals surface area contributed by atoms with E-state index in [2.05, 4.69) is 5.32 Å². The van der Waals surface area contributed by atoms with E-state index in [1.54, 1.807) is 6.07 Å². The van der Waals surface area contributed by atoms with Crippen LogP contribution < -0.4 is 5.32 Å². The zero-order valence-corrected chi connectivity index (χ0v) is 13.6. The molecule has 0 saturated heterocycles. The first-order chi connectivity index (χ1) is 11.6. The predicted octanol–water partition coefficient (Wildman–Crippen LogP) is 3.66. The zero-order valence-electron chi connectivity index (χ0n) is 13.6. The smallest absolute Gasteiger partial charge is 0.224 e. The SMILES string of the molecule is Cn1cc(CC(=O)NC2CCc3c(F)cccc32)c2ccccc21. The average Bonchev–Trinajstić information content (AvgIpc) is 3.11. The molecule has 1 aromatic heterocycles. The van der Waals surface area contributed by atoms with E-state index >= 15 is 0 Å². The zero-order chi connectivity index (χ0) is 16.7. The number of amides is 1. The third kappa shape index (κ3) is 2.48. The number of carbonyl (C=O) groups excluding carboxylic acids is 1. The lowest BCUT2D eigenvalue weighted by molar-refractivity contribution is -0.121. The quantitative estimate of drug-likeness (QED) is 0.784. The van der Waals surface area contributed by atoms with Crippen LogP contribution in [0.2, 0.25) is 0 Å². The van der Waals surface area contributed by atoms with Crippen molar-refractivity contribution in [2.24, 2.45) is 7.05 Å². The van der Waals surface area contributed by atoms with Crippen molar-refractivity contribution in [3.05, 3.63) is 71.2 Å². The first-order valence-electron chi connectivity index (χ1n) is 8.23. The molecule has 1 aliphatic rings. The Morgan fingerprint density at radius 3 is 2.96 bits per heavy atom. The second kappa shape index (κ2) is 5.78. The van der Waals surface area contributed by atoms with Gasteiger partial charge in [0.2, 0.25) is 5.91 Å². The van der Waals surface area contributed by atoms with Crippen LogP contribution in [0.4, 0.5) is 4.39 Å². The largest absolute Gasteiger partial charge is 0.350 e. The minimum Gasteiger partial charge on any atom is -0.350 e. The highest BCUT2D eigenvalue weighted by molar-refractivity contribution is 5.89. The highest BCUT2D eigenvalue weighted by Crippen LogP contribution is 2.32. The number of fused-ring (bicyclic) bond motifs is 2.